The van der Waals surface area contributed by atoms with Gasteiger partial charge >= 0.3 is 0 Å². The molecule has 0 bridgehead atoms. The first-order valence-electron chi connectivity index (χ1n) is 5.98. The number of nitrogens with one attached hydrogen (secondary N) is 1. The van der Waals surface area contributed by atoms with Crippen LogP contribution in [-0.2, 0) is 7.05 Å². The Kier molecular flexibility index (Phi) is 3.24. The average Bonchev–Trinajstić information content (AvgIpc) is 2.70. The second kappa shape index (κ2) is 4.69. The molecule has 0 saturated carbocycles. The Morgan fingerprint density at radius 1 is 1.17 bits per heavy atom. The molecule has 2 aromatic rings. The molecule has 94 valence electrons. The van der Waals surface area contributed by atoms with Crippen LogP contribution in [0.5, 0.6) is 0 Å². The van der Waals surface area contributed by atoms with Crippen molar-refractivity contribution in [3.63, 3.8) is 0 Å². The number of carbonyl (C=O) groups excluding carboxylic acids is 1. The third-order valence-corrected chi connectivity index (χ3v) is 3.01. The fourth-order valence-corrected chi connectivity index (χ4v) is 2.20. The third kappa shape index (κ3) is 2.45. The molecule has 2 rings (SSSR count). The Bertz CT molecular complexity index is 573. The number of aryl methyl sites for hydroxylation is 4. The van der Waals surface area contributed by atoms with Gasteiger partial charge in [0.2, 0.25) is 0 Å². The second-order valence-electron chi connectivity index (χ2n) is 4.79. The quantitative estimate of drug-likeness (QED) is 0.862. The van der Waals surface area contributed by atoms with E-state index in [1.165, 1.54) is 5.56 Å². The molecular formula is C15H18N2O. The summed E-state index contributed by atoms with van der Waals surface area (Å²) < 4.78 is 1.86. The summed E-state index contributed by atoms with van der Waals surface area (Å²) in [6.45, 7) is 6.09. The van der Waals surface area contributed by atoms with Crippen molar-refractivity contribution >= 4 is 11.6 Å². The van der Waals surface area contributed by atoms with E-state index in [-0.39, 0.29) is 5.91 Å². The van der Waals surface area contributed by atoms with E-state index in [9.17, 15) is 4.79 Å². The van der Waals surface area contributed by atoms with E-state index in [4.69, 9.17) is 0 Å². The van der Waals surface area contributed by atoms with Crippen LogP contribution in [0.4, 0.5) is 5.69 Å². The van der Waals surface area contributed by atoms with E-state index in [1.807, 2.05) is 43.9 Å². The van der Waals surface area contributed by atoms with Gasteiger partial charge in [-0.05, 0) is 38.0 Å². The minimum Gasteiger partial charge on any atom is -0.356 e. The number of carbonyl (C=O) groups is 1. The Morgan fingerprint density at radius 3 is 2.28 bits per heavy atom. The molecule has 1 heterocycles. The van der Waals surface area contributed by atoms with Gasteiger partial charge in [0, 0.05) is 25.1 Å². The molecule has 0 unspecified atom stereocenters. The minimum absolute atomic E-state index is 0.0642. The van der Waals surface area contributed by atoms with Crippen LogP contribution in [0.1, 0.15) is 27.0 Å². The van der Waals surface area contributed by atoms with Crippen LogP contribution in [0.3, 0.4) is 0 Å². The van der Waals surface area contributed by atoms with Gasteiger partial charge in [0.1, 0.15) is 0 Å². The molecule has 0 atom stereocenters. The van der Waals surface area contributed by atoms with Crippen LogP contribution in [0.15, 0.2) is 30.6 Å². The minimum atomic E-state index is -0.0642. The van der Waals surface area contributed by atoms with Gasteiger partial charge in [-0.2, -0.15) is 0 Å². The molecule has 0 aliphatic rings. The summed E-state index contributed by atoms with van der Waals surface area (Å²) in [5, 5.41) is 2.98. The lowest BCUT2D eigenvalue weighted by Gasteiger charge is -2.12. The van der Waals surface area contributed by atoms with Crippen molar-refractivity contribution < 1.29 is 4.79 Å². The summed E-state index contributed by atoms with van der Waals surface area (Å²) in [6.07, 6.45) is 3.68. The normalized spacial score (nSPS) is 10.4. The summed E-state index contributed by atoms with van der Waals surface area (Å²) >= 11 is 0. The molecule has 0 spiro atoms. The van der Waals surface area contributed by atoms with E-state index in [1.54, 1.807) is 0 Å². The molecule has 0 aliphatic heterocycles. The maximum absolute atomic E-state index is 12.1. The number of anilines is 1. The Hall–Kier alpha value is -2.03. The van der Waals surface area contributed by atoms with Gasteiger partial charge in [0.15, 0.2) is 0 Å². The lowest BCUT2D eigenvalue weighted by molar-refractivity contribution is 0.102. The molecule has 1 N–H and O–H groups in total. The number of rotatable bonds is 2. The van der Waals surface area contributed by atoms with E-state index in [0.717, 1.165) is 16.8 Å². The lowest BCUT2D eigenvalue weighted by atomic mass is 10.0. The lowest BCUT2D eigenvalue weighted by Crippen LogP contribution is -2.13. The van der Waals surface area contributed by atoms with Gasteiger partial charge in [-0.25, -0.2) is 0 Å². The van der Waals surface area contributed by atoms with Gasteiger partial charge in [-0.1, -0.05) is 17.7 Å². The highest BCUT2D eigenvalue weighted by molar-refractivity contribution is 6.05. The largest absolute Gasteiger partial charge is 0.356 e. The molecule has 3 heteroatoms. The highest BCUT2D eigenvalue weighted by Crippen LogP contribution is 2.22. The monoisotopic (exact) mass is 242 g/mol. The SMILES string of the molecule is Cc1cc(C)c(NC(=O)c2ccn(C)c2)c(C)c1. The number of aromatic nitrogens is 1. The van der Waals surface area contributed by atoms with E-state index >= 15 is 0 Å². The molecule has 0 radical (unpaired) electrons. The van der Waals surface area contributed by atoms with Crippen molar-refractivity contribution in [2.24, 2.45) is 7.05 Å². The van der Waals surface area contributed by atoms with Gasteiger partial charge < -0.3 is 9.88 Å². The van der Waals surface area contributed by atoms with Crippen LogP contribution >= 0.6 is 0 Å². The van der Waals surface area contributed by atoms with Gasteiger partial charge in [-0.15, -0.1) is 0 Å². The topological polar surface area (TPSA) is 34.0 Å². The molecule has 18 heavy (non-hydrogen) atoms. The smallest absolute Gasteiger partial charge is 0.257 e. The van der Waals surface area contributed by atoms with Gasteiger partial charge in [-0.3, -0.25) is 4.79 Å². The van der Waals surface area contributed by atoms with Crippen LogP contribution in [-0.4, -0.2) is 10.5 Å². The zero-order valence-corrected chi connectivity index (χ0v) is 11.2. The van der Waals surface area contributed by atoms with Crippen molar-refractivity contribution in [1.29, 1.82) is 0 Å². The molecule has 0 fully saturated rings. The predicted octanol–water partition coefficient (Wildman–Crippen LogP) is 3.20. The number of amides is 1. The highest BCUT2D eigenvalue weighted by atomic mass is 16.1. The van der Waals surface area contributed by atoms with Crippen LogP contribution in [0.2, 0.25) is 0 Å². The van der Waals surface area contributed by atoms with Crippen molar-refractivity contribution in [3.05, 3.63) is 52.8 Å². The fourth-order valence-electron chi connectivity index (χ4n) is 2.20. The summed E-state index contributed by atoms with van der Waals surface area (Å²) in [6, 6.07) is 5.97. The first kappa shape index (κ1) is 12.4. The molecule has 1 aromatic heterocycles. The molecular weight excluding hydrogens is 224 g/mol. The van der Waals surface area contributed by atoms with Gasteiger partial charge in [0.05, 0.1) is 5.56 Å². The summed E-state index contributed by atoms with van der Waals surface area (Å²) in [5.41, 5.74) is 4.99. The second-order valence-corrected chi connectivity index (χ2v) is 4.79. The fraction of sp³-hybridized carbons (Fsp3) is 0.267. The third-order valence-electron chi connectivity index (χ3n) is 3.01. The zero-order valence-electron chi connectivity index (χ0n) is 11.2. The Labute approximate surface area is 107 Å². The maximum Gasteiger partial charge on any atom is 0.257 e. The van der Waals surface area contributed by atoms with Crippen molar-refractivity contribution in [1.82, 2.24) is 4.57 Å². The average molecular weight is 242 g/mol. The zero-order chi connectivity index (χ0) is 13.3. The van der Waals surface area contributed by atoms with Crippen molar-refractivity contribution in [2.75, 3.05) is 5.32 Å². The Balaban J connectivity index is 2.27. The van der Waals surface area contributed by atoms with Crippen LogP contribution < -0.4 is 5.32 Å². The molecule has 0 saturated heterocycles. The van der Waals surface area contributed by atoms with Gasteiger partial charge in [0.25, 0.3) is 5.91 Å². The molecule has 3 nitrogen and oxygen atoms in total. The number of benzene rings is 1. The standard InChI is InChI=1S/C15H18N2O/c1-10-7-11(2)14(12(3)8-10)16-15(18)13-5-6-17(4)9-13/h5-9H,1-4H3,(H,16,18). The molecule has 1 aromatic carbocycles. The van der Waals surface area contributed by atoms with Crippen LogP contribution in [0, 0.1) is 20.8 Å². The highest BCUT2D eigenvalue weighted by Gasteiger charge is 2.10. The van der Waals surface area contributed by atoms with E-state index < -0.39 is 0 Å². The summed E-state index contributed by atoms with van der Waals surface area (Å²) in [7, 11) is 1.90. The number of hydrogen-bond donors (Lipinski definition) is 1. The Morgan fingerprint density at radius 2 is 1.78 bits per heavy atom. The van der Waals surface area contributed by atoms with Crippen LogP contribution in [0.25, 0.3) is 0 Å². The summed E-state index contributed by atoms with van der Waals surface area (Å²) in [4.78, 5) is 12.1. The maximum atomic E-state index is 12.1. The number of nitrogens with zero attached hydrogens (tertiary/aromatic N) is 1. The predicted molar refractivity (Wildman–Crippen MR) is 74.0 cm³/mol. The number of hydrogen-bond acceptors (Lipinski definition) is 1. The molecule has 1 amide bonds. The van der Waals surface area contributed by atoms with E-state index in [2.05, 4.69) is 24.4 Å². The molecule has 0 aliphatic carbocycles. The summed E-state index contributed by atoms with van der Waals surface area (Å²) in [5.74, 6) is -0.0642. The first-order valence-corrected chi connectivity index (χ1v) is 5.98. The van der Waals surface area contributed by atoms with Crippen molar-refractivity contribution in [2.45, 2.75) is 20.8 Å². The van der Waals surface area contributed by atoms with Crippen molar-refractivity contribution in [3.8, 4) is 0 Å². The first-order chi connectivity index (χ1) is 8.47. The van der Waals surface area contributed by atoms with E-state index in [0.29, 0.717) is 5.56 Å².